The fourth-order valence-electron chi connectivity index (χ4n) is 12.6. The summed E-state index contributed by atoms with van der Waals surface area (Å²) in [5, 5.41) is 9.54. The molecular formula is C37H57NO5. The summed E-state index contributed by atoms with van der Waals surface area (Å²) in [5.74, 6) is -0.0498. The molecule has 0 aromatic heterocycles. The van der Waals surface area contributed by atoms with E-state index in [9.17, 15) is 19.5 Å². The van der Waals surface area contributed by atoms with Crippen molar-refractivity contribution >= 4 is 17.7 Å². The van der Waals surface area contributed by atoms with Crippen LogP contribution in [0.5, 0.6) is 0 Å². The standard InChI is InChI=1S/C37H57NO5/c1-21(2)29-25(39)20-37(38)18-17-35(6)24(30(29)37)11-12-27-34(5)15-14-28(33(3,4)26(34)13-16-36(27,35)7)43-32(42)23-10-8-9-22(19-23)31(40)41/h21-23,26-29H,8-20,38H2,1-7H3,(H,40,41)/t22-,23+,26?,27?,28+,29?,34+,35-,36-,37-/m1/s1. The summed E-state index contributed by atoms with van der Waals surface area (Å²) in [4.78, 5) is 38.3. The maximum absolute atomic E-state index is 13.4. The van der Waals surface area contributed by atoms with E-state index in [0.717, 1.165) is 64.2 Å². The maximum Gasteiger partial charge on any atom is 0.309 e. The number of carboxylic acid groups (broad SMARTS) is 1. The molecule has 0 spiro atoms. The first kappa shape index (κ1) is 31.3. The highest BCUT2D eigenvalue weighted by Crippen LogP contribution is 2.75. The summed E-state index contributed by atoms with van der Waals surface area (Å²) in [6.07, 6.45) is 11.3. The summed E-state index contributed by atoms with van der Waals surface area (Å²) < 4.78 is 6.35. The second-order valence-electron chi connectivity index (χ2n) is 17.5. The number of esters is 1. The minimum atomic E-state index is -0.786. The molecule has 6 nitrogen and oxygen atoms in total. The van der Waals surface area contributed by atoms with Gasteiger partial charge in [0.2, 0.25) is 0 Å². The maximum atomic E-state index is 13.4. The number of ketones is 1. The number of allylic oxidation sites excluding steroid dienone is 1. The molecular weight excluding hydrogens is 538 g/mol. The topological polar surface area (TPSA) is 107 Å². The smallest absolute Gasteiger partial charge is 0.309 e. The van der Waals surface area contributed by atoms with Crippen LogP contribution in [0.25, 0.3) is 0 Å². The van der Waals surface area contributed by atoms with Gasteiger partial charge in [0.15, 0.2) is 0 Å². The van der Waals surface area contributed by atoms with Crippen LogP contribution in [0, 0.1) is 57.2 Å². The second kappa shape index (κ2) is 10.2. The number of nitrogens with two attached hydrogens (primary N) is 1. The third-order valence-corrected chi connectivity index (χ3v) is 15.0. The number of aliphatic carboxylic acids is 1. The lowest BCUT2D eigenvalue weighted by molar-refractivity contribution is -0.215. The summed E-state index contributed by atoms with van der Waals surface area (Å²) in [7, 11) is 0. The average molecular weight is 596 g/mol. The minimum Gasteiger partial charge on any atom is -0.481 e. The van der Waals surface area contributed by atoms with Crippen LogP contribution < -0.4 is 5.73 Å². The second-order valence-corrected chi connectivity index (χ2v) is 17.5. The van der Waals surface area contributed by atoms with Gasteiger partial charge in [-0.1, -0.05) is 60.5 Å². The van der Waals surface area contributed by atoms with Crippen LogP contribution in [0.1, 0.15) is 132 Å². The predicted molar refractivity (Wildman–Crippen MR) is 167 cm³/mol. The number of fused-ring (bicyclic) bond motifs is 6. The van der Waals surface area contributed by atoms with Crippen LogP contribution in [0.3, 0.4) is 0 Å². The summed E-state index contributed by atoms with van der Waals surface area (Å²) >= 11 is 0. The normalized spacial score (nSPS) is 47.3. The Balaban J connectivity index is 1.27. The highest BCUT2D eigenvalue weighted by molar-refractivity contribution is 5.91. The van der Waals surface area contributed by atoms with Crippen molar-refractivity contribution in [1.29, 1.82) is 0 Å². The van der Waals surface area contributed by atoms with E-state index >= 15 is 0 Å². The van der Waals surface area contributed by atoms with Crippen molar-refractivity contribution < 1.29 is 24.2 Å². The minimum absolute atomic E-state index is 0.0225. The first-order chi connectivity index (χ1) is 20.0. The molecule has 5 fully saturated rings. The van der Waals surface area contributed by atoms with Gasteiger partial charge < -0.3 is 15.6 Å². The zero-order valence-electron chi connectivity index (χ0n) is 27.9. The molecule has 0 bridgehead atoms. The number of hydrogen-bond acceptors (Lipinski definition) is 5. The van der Waals surface area contributed by atoms with Crippen LogP contribution >= 0.6 is 0 Å². The summed E-state index contributed by atoms with van der Waals surface area (Å²) in [6, 6.07) is 0. The average Bonchev–Trinajstić information content (AvgIpc) is 3.21. The van der Waals surface area contributed by atoms with E-state index in [1.807, 2.05) is 0 Å². The first-order valence-electron chi connectivity index (χ1n) is 17.5. The van der Waals surface area contributed by atoms with Gasteiger partial charge in [-0.25, -0.2) is 0 Å². The molecule has 43 heavy (non-hydrogen) atoms. The van der Waals surface area contributed by atoms with Gasteiger partial charge in [0.1, 0.15) is 11.9 Å². The zero-order valence-corrected chi connectivity index (χ0v) is 27.9. The SMILES string of the molecule is CC(C)C1C(=O)C[C@]2(N)CC[C@]3(C)C(=C12)CCC1[C@@]2(C)CC[C@H](OC(=O)[C@H]4CCC[C@@H](C(=O)O)C4)C(C)(C)C2CC[C@]13C. The Morgan fingerprint density at radius 2 is 1.60 bits per heavy atom. The molecule has 0 aromatic carbocycles. The van der Waals surface area contributed by atoms with E-state index in [1.54, 1.807) is 5.57 Å². The Morgan fingerprint density at radius 1 is 0.907 bits per heavy atom. The molecule has 6 heteroatoms. The number of carbonyl (C=O) groups excluding carboxylic acids is 2. The lowest BCUT2D eigenvalue weighted by Crippen LogP contribution is -2.64. The fraction of sp³-hybridized carbons (Fsp3) is 0.865. The van der Waals surface area contributed by atoms with Crippen molar-refractivity contribution in [3.05, 3.63) is 11.1 Å². The molecule has 5 saturated carbocycles. The molecule has 0 aromatic rings. The molecule has 6 aliphatic rings. The van der Waals surface area contributed by atoms with Crippen LogP contribution in [-0.4, -0.2) is 34.5 Å². The Morgan fingerprint density at radius 3 is 2.28 bits per heavy atom. The van der Waals surface area contributed by atoms with Gasteiger partial charge in [-0.2, -0.15) is 0 Å². The Bertz CT molecular complexity index is 1240. The number of hydrogen-bond donors (Lipinski definition) is 2. The molecule has 10 atom stereocenters. The van der Waals surface area contributed by atoms with Crippen molar-refractivity contribution in [2.75, 3.05) is 0 Å². The van der Waals surface area contributed by atoms with Crippen LogP contribution in [-0.2, 0) is 19.1 Å². The number of carboxylic acids is 1. The number of carbonyl (C=O) groups is 3. The molecule has 0 heterocycles. The van der Waals surface area contributed by atoms with Gasteiger partial charge in [0.25, 0.3) is 0 Å². The van der Waals surface area contributed by atoms with Crippen molar-refractivity contribution in [1.82, 2.24) is 0 Å². The van der Waals surface area contributed by atoms with Crippen molar-refractivity contribution in [3.8, 4) is 0 Å². The Labute approximate surface area is 259 Å². The lowest BCUT2D eigenvalue weighted by Gasteiger charge is -2.70. The highest BCUT2D eigenvalue weighted by atomic mass is 16.5. The molecule has 6 rings (SSSR count). The van der Waals surface area contributed by atoms with Crippen molar-refractivity contribution in [2.24, 2.45) is 62.9 Å². The van der Waals surface area contributed by atoms with E-state index in [0.29, 0.717) is 36.9 Å². The van der Waals surface area contributed by atoms with E-state index < -0.39 is 17.4 Å². The van der Waals surface area contributed by atoms with Crippen LogP contribution in [0.4, 0.5) is 0 Å². The predicted octanol–water partition coefficient (Wildman–Crippen LogP) is 7.48. The Hall–Kier alpha value is -1.69. The number of ether oxygens (including phenoxy) is 1. The molecule has 3 unspecified atom stereocenters. The zero-order chi connectivity index (χ0) is 31.3. The van der Waals surface area contributed by atoms with Crippen LogP contribution in [0.2, 0.25) is 0 Å². The largest absolute Gasteiger partial charge is 0.481 e. The summed E-state index contributed by atoms with van der Waals surface area (Å²) in [5.41, 5.74) is 9.73. The van der Waals surface area contributed by atoms with Gasteiger partial charge in [0.05, 0.1) is 11.8 Å². The van der Waals surface area contributed by atoms with E-state index in [1.165, 1.54) is 5.57 Å². The van der Waals surface area contributed by atoms with Gasteiger partial charge in [0, 0.05) is 23.3 Å². The summed E-state index contributed by atoms with van der Waals surface area (Å²) in [6.45, 7) is 16.7. The Kier molecular flexibility index (Phi) is 7.39. The molecule has 0 aliphatic heterocycles. The van der Waals surface area contributed by atoms with Gasteiger partial charge in [-0.15, -0.1) is 0 Å². The van der Waals surface area contributed by atoms with Crippen molar-refractivity contribution in [2.45, 2.75) is 144 Å². The molecule has 3 N–H and O–H groups in total. The van der Waals surface area contributed by atoms with Crippen molar-refractivity contribution in [3.63, 3.8) is 0 Å². The van der Waals surface area contributed by atoms with Crippen LogP contribution in [0.15, 0.2) is 11.1 Å². The van der Waals surface area contributed by atoms with Gasteiger partial charge in [-0.05, 0) is 110 Å². The monoisotopic (exact) mass is 595 g/mol. The van der Waals surface area contributed by atoms with E-state index in [2.05, 4.69) is 48.5 Å². The first-order valence-corrected chi connectivity index (χ1v) is 17.5. The lowest BCUT2D eigenvalue weighted by atomic mass is 9.34. The molecule has 0 radical (unpaired) electrons. The molecule has 0 saturated heterocycles. The third-order valence-electron chi connectivity index (χ3n) is 15.0. The molecule has 6 aliphatic carbocycles. The van der Waals surface area contributed by atoms with E-state index in [-0.39, 0.29) is 51.5 Å². The number of rotatable bonds is 4. The number of Topliss-reactive ketones (excluding diaryl/α,β-unsaturated/α-hetero) is 1. The highest BCUT2D eigenvalue weighted by Gasteiger charge is 2.68. The quantitative estimate of drug-likeness (QED) is 0.258. The third kappa shape index (κ3) is 4.37. The van der Waals surface area contributed by atoms with E-state index in [4.69, 9.17) is 10.5 Å². The fourth-order valence-corrected chi connectivity index (χ4v) is 12.6. The van der Waals surface area contributed by atoms with Gasteiger partial charge in [-0.3, -0.25) is 14.4 Å². The molecule has 240 valence electrons. The van der Waals surface area contributed by atoms with Gasteiger partial charge >= 0.3 is 11.9 Å². The molecule has 0 amide bonds.